The van der Waals surface area contributed by atoms with E-state index in [0.717, 1.165) is 36.8 Å². The quantitative estimate of drug-likeness (QED) is 0.280. The Morgan fingerprint density at radius 2 is 1.68 bits per heavy atom. The third-order valence-corrected chi connectivity index (χ3v) is 5.89. The summed E-state index contributed by atoms with van der Waals surface area (Å²) in [7, 11) is -0.522. The van der Waals surface area contributed by atoms with Gasteiger partial charge in [-0.15, -0.1) is 0 Å². The normalized spacial score (nSPS) is 14.3. The lowest BCUT2D eigenvalue weighted by Crippen LogP contribution is -2.36. The highest BCUT2D eigenvalue weighted by Gasteiger charge is 2.31. The highest BCUT2D eigenvalue weighted by atomic mass is 31.2. The van der Waals surface area contributed by atoms with Crippen molar-refractivity contribution >= 4 is 13.5 Å². The van der Waals surface area contributed by atoms with Crippen LogP contribution in [0.2, 0.25) is 0 Å². The molecule has 1 rings (SSSR count). The van der Waals surface area contributed by atoms with E-state index in [0.29, 0.717) is 12.4 Å². The summed E-state index contributed by atoms with van der Waals surface area (Å²) in [6, 6.07) is 5.15. The molecule has 0 aliphatic rings. The molecule has 0 radical (unpaired) electrons. The van der Waals surface area contributed by atoms with Gasteiger partial charge in [-0.3, -0.25) is 9.36 Å². The van der Waals surface area contributed by atoms with Crippen molar-refractivity contribution in [2.75, 3.05) is 33.8 Å². The van der Waals surface area contributed by atoms with Gasteiger partial charge in [0.05, 0.1) is 6.61 Å². The number of hydrogen-bond acceptors (Lipinski definition) is 6. The summed E-state index contributed by atoms with van der Waals surface area (Å²) in [6.45, 7) is 6.20. The molecular formula is C20H34NO6P. The van der Waals surface area contributed by atoms with Gasteiger partial charge in [-0.2, -0.15) is 0 Å². The molecule has 0 bridgehead atoms. The predicted molar refractivity (Wildman–Crippen MR) is 110 cm³/mol. The van der Waals surface area contributed by atoms with Crippen LogP contribution in [0.15, 0.2) is 18.2 Å². The third kappa shape index (κ3) is 7.92. The van der Waals surface area contributed by atoms with Crippen LogP contribution in [-0.4, -0.2) is 45.8 Å². The van der Waals surface area contributed by atoms with Crippen molar-refractivity contribution in [1.29, 1.82) is 0 Å². The number of esters is 1. The molecule has 2 atom stereocenters. The first-order valence-electron chi connectivity index (χ1n) is 9.72. The molecule has 0 amide bonds. The average molecular weight is 415 g/mol. The lowest BCUT2D eigenvalue weighted by molar-refractivity contribution is -0.146. The van der Waals surface area contributed by atoms with Crippen molar-refractivity contribution in [2.24, 2.45) is 0 Å². The van der Waals surface area contributed by atoms with Gasteiger partial charge in [0, 0.05) is 14.2 Å². The summed E-state index contributed by atoms with van der Waals surface area (Å²) in [4.78, 5) is 12.1. The topological polar surface area (TPSA) is 83.1 Å². The van der Waals surface area contributed by atoms with Gasteiger partial charge in [0.1, 0.15) is 24.7 Å². The first-order chi connectivity index (χ1) is 13.4. The van der Waals surface area contributed by atoms with E-state index in [1.807, 2.05) is 18.2 Å². The van der Waals surface area contributed by atoms with Crippen molar-refractivity contribution in [3.8, 4) is 5.75 Å². The SMILES string of the molecule is CCCc1cccc(CCC)c1OP(=O)(COC)N[C@@H](C)C(=O)OCCOC. The molecule has 0 aliphatic heterocycles. The summed E-state index contributed by atoms with van der Waals surface area (Å²) in [5.41, 5.74) is 2.00. The minimum Gasteiger partial charge on any atom is -0.462 e. The number of aryl methyl sites for hydroxylation is 2. The first kappa shape index (κ1) is 24.6. The van der Waals surface area contributed by atoms with Crippen LogP contribution in [-0.2, 0) is 36.4 Å². The lowest BCUT2D eigenvalue weighted by atomic mass is 10.0. The van der Waals surface area contributed by atoms with Crippen LogP contribution in [0.1, 0.15) is 44.7 Å². The van der Waals surface area contributed by atoms with Gasteiger partial charge in [0.25, 0.3) is 0 Å². The predicted octanol–water partition coefficient (Wildman–Crippen LogP) is 3.94. The van der Waals surface area contributed by atoms with Gasteiger partial charge in [-0.05, 0) is 30.9 Å². The Hall–Kier alpha value is -1.40. The van der Waals surface area contributed by atoms with Crippen LogP contribution in [0.3, 0.4) is 0 Å². The van der Waals surface area contributed by atoms with Crippen molar-refractivity contribution in [2.45, 2.75) is 52.5 Å². The van der Waals surface area contributed by atoms with E-state index in [2.05, 4.69) is 18.9 Å². The molecule has 0 saturated heterocycles. The molecule has 7 nitrogen and oxygen atoms in total. The number of rotatable bonds is 14. The molecule has 1 N–H and O–H groups in total. The minimum atomic E-state index is -3.50. The van der Waals surface area contributed by atoms with Crippen molar-refractivity contribution in [1.82, 2.24) is 5.09 Å². The number of carbonyl (C=O) groups excluding carboxylic acids is 1. The fourth-order valence-electron chi connectivity index (χ4n) is 2.79. The number of nitrogens with one attached hydrogen (secondary N) is 1. The Balaban J connectivity index is 3.04. The highest BCUT2D eigenvalue weighted by Crippen LogP contribution is 2.46. The van der Waals surface area contributed by atoms with Crippen LogP contribution in [0.25, 0.3) is 0 Å². The Bertz CT molecular complexity index is 627. The third-order valence-electron chi connectivity index (χ3n) is 4.03. The Morgan fingerprint density at radius 3 is 2.18 bits per heavy atom. The summed E-state index contributed by atoms with van der Waals surface area (Å²) >= 11 is 0. The van der Waals surface area contributed by atoms with E-state index in [-0.39, 0.29) is 13.0 Å². The number of ether oxygens (including phenoxy) is 3. The summed E-state index contributed by atoms with van der Waals surface area (Å²) < 4.78 is 34.6. The number of methoxy groups -OCH3 is 2. The molecule has 1 aromatic carbocycles. The Labute approximate surface area is 168 Å². The van der Waals surface area contributed by atoms with E-state index in [1.54, 1.807) is 6.92 Å². The smallest absolute Gasteiger partial charge is 0.342 e. The maximum atomic E-state index is 13.4. The van der Waals surface area contributed by atoms with E-state index in [4.69, 9.17) is 18.7 Å². The van der Waals surface area contributed by atoms with E-state index < -0.39 is 19.5 Å². The summed E-state index contributed by atoms with van der Waals surface area (Å²) in [5, 5.41) is 2.80. The van der Waals surface area contributed by atoms with Crippen molar-refractivity contribution in [3.05, 3.63) is 29.3 Å². The van der Waals surface area contributed by atoms with Crippen molar-refractivity contribution in [3.63, 3.8) is 0 Å². The zero-order chi connectivity index (χ0) is 21.0. The molecule has 0 saturated carbocycles. The summed E-state index contributed by atoms with van der Waals surface area (Å²) in [6.07, 6.45) is 3.35. The molecule has 0 spiro atoms. The maximum Gasteiger partial charge on any atom is 0.342 e. The van der Waals surface area contributed by atoms with Gasteiger partial charge >= 0.3 is 13.5 Å². The molecule has 1 unspecified atom stereocenters. The van der Waals surface area contributed by atoms with E-state index in [1.165, 1.54) is 14.2 Å². The fourth-order valence-corrected chi connectivity index (χ4v) is 4.54. The molecule has 0 aromatic heterocycles. The lowest BCUT2D eigenvalue weighted by Gasteiger charge is -2.25. The molecule has 28 heavy (non-hydrogen) atoms. The zero-order valence-electron chi connectivity index (χ0n) is 17.7. The molecule has 8 heteroatoms. The van der Waals surface area contributed by atoms with Gasteiger partial charge in [-0.1, -0.05) is 44.9 Å². The highest BCUT2D eigenvalue weighted by molar-refractivity contribution is 7.57. The average Bonchev–Trinajstić information content (AvgIpc) is 2.65. The number of hydrogen-bond donors (Lipinski definition) is 1. The second kappa shape index (κ2) is 12.9. The van der Waals surface area contributed by atoms with E-state index >= 15 is 0 Å². The minimum absolute atomic E-state index is 0.136. The van der Waals surface area contributed by atoms with Crippen LogP contribution >= 0.6 is 7.52 Å². The first-order valence-corrected chi connectivity index (χ1v) is 11.5. The largest absolute Gasteiger partial charge is 0.462 e. The molecule has 0 heterocycles. The van der Waals surface area contributed by atoms with Gasteiger partial charge in [0.2, 0.25) is 0 Å². The monoisotopic (exact) mass is 415 g/mol. The second-order valence-corrected chi connectivity index (χ2v) is 8.64. The number of carbonyl (C=O) groups is 1. The zero-order valence-corrected chi connectivity index (χ0v) is 18.6. The Morgan fingerprint density at radius 1 is 1.07 bits per heavy atom. The second-order valence-electron chi connectivity index (χ2n) is 6.60. The van der Waals surface area contributed by atoms with Crippen LogP contribution in [0.5, 0.6) is 5.75 Å². The number of para-hydroxylation sites is 1. The van der Waals surface area contributed by atoms with Crippen LogP contribution in [0, 0.1) is 0 Å². The summed E-state index contributed by atoms with van der Waals surface area (Å²) in [5.74, 6) is 0.103. The molecule has 0 fully saturated rings. The molecular weight excluding hydrogens is 381 g/mol. The maximum absolute atomic E-state index is 13.4. The molecule has 1 aromatic rings. The van der Waals surface area contributed by atoms with Crippen LogP contribution in [0.4, 0.5) is 0 Å². The molecule has 0 aliphatic carbocycles. The molecule has 160 valence electrons. The number of benzene rings is 1. The van der Waals surface area contributed by atoms with Crippen molar-refractivity contribution < 1.29 is 28.1 Å². The van der Waals surface area contributed by atoms with Gasteiger partial charge in [0.15, 0.2) is 0 Å². The Kier molecular flexibility index (Phi) is 11.4. The van der Waals surface area contributed by atoms with Crippen LogP contribution < -0.4 is 9.61 Å². The van der Waals surface area contributed by atoms with Gasteiger partial charge < -0.3 is 18.7 Å². The van der Waals surface area contributed by atoms with Gasteiger partial charge in [-0.25, -0.2) is 5.09 Å². The standard InChI is InChI=1S/C20H34NO6P/c1-6-9-17-11-8-12-18(10-7-2)19(17)27-28(23,15-25-5)21-16(3)20(22)26-14-13-24-4/h8,11-12,16H,6-7,9-10,13-15H2,1-5H3,(H,21,23)/t16-,28?/m0/s1. The van der Waals surface area contributed by atoms with E-state index in [9.17, 15) is 9.36 Å². The fraction of sp³-hybridized carbons (Fsp3) is 0.650.